The third-order valence-corrected chi connectivity index (χ3v) is 3.42. The van der Waals surface area contributed by atoms with Crippen LogP contribution in [0.15, 0.2) is 23.3 Å². The maximum atomic E-state index is 9.94. The van der Waals surface area contributed by atoms with Crippen LogP contribution in [0.1, 0.15) is 85.5 Å². The van der Waals surface area contributed by atoms with Gasteiger partial charge in [-0.3, -0.25) is 0 Å². The van der Waals surface area contributed by atoms with Crippen molar-refractivity contribution in [2.24, 2.45) is 0 Å². The smallest absolute Gasteiger partial charge is 0.0723 e. The largest absolute Gasteiger partial charge is 0.389 e. The summed E-state index contributed by atoms with van der Waals surface area (Å²) < 4.78 is 0. The van der Waals surface area contributed by atoms with E-state index in [0.29, 0.717) is 0 Å². The summed E-state index contributed by atoms with van der Waals surface area (Å²) in [4.78, 5) is 0. The number of allylic oxidation sites excluding steroid dienone is 3. The Hall–Kier alpha value is -0.560. The first kappa shape index (κ1) is 18.4. The number of aliphatic hydroxyl groups excluding tert-OH is 1. The van der Waals surface area contributed by atoms with Gasteiger partial charge >= 0.3 is 0 Å². The third kappa shape index (κ3) is 13.7. The van der Waals surface area contributed by atoms with Gasteiger partial charge in [0.15, 0.2) is 0 Å². The average molecular weight is 266 g/mol. The molecule has 0 fully saturated rings. The Morgan fingerprint density at radius 2 is 1.63 bits per heavy atom. The molecule has 19 heavy (non-hydrogen) atoms. The molecule has 0 aromatic rings. The fourth-order valence-electron chi connectivity index (χ4n) is 2.22. The fourth-order valence-corrected chi connectivity index (χ4v) is 2.22. The van der Waals surface area contributed by atoms with Crippen molar-refractivity contribution in [2.75, 3.05) is 0 Å². The molecule has 0 aromatic carbocycles. The molecule has 0 aliphatic carbocycles. The monoisotopic (exact) mass is 266 g/mol. The number of hydrogen-bond acceptors (Lipinski definition) is 1. The van der Waals surface area contributed by atoms with Crippen LogP contribution in [0, 0.1) is 0 Å². The Labute approximate surface area is 120 Å². The zero-order chi connectivity index (χ0) is 14.5. The van der Waals surface area contributed by atoms with Gasteiger partial charge in [-0.05, 0) is 40.0 Å². The number of rotatable bonds is 11. The lowest BCUT2D eigenvalue weighted by Crippen LogP contribution is -2.03. The second-order valence-corrected chi connectivity index (χ2v) is 5.96. The van der Waals surface area contributed by atoms with Crippen LogP contribution in [0.3, 0.4) is 0 Å². The second kappa shape index (κ2) is 12.5. The van der Waals surface area contributed by atoms with E-state index in [1.807, 2.05) is 6.08 Å². The van der Waals surface area contributed by atoms with Crippen LogP contribution in [-0.4, -0.2) is 11.2 Å². The minimum Gasteiger partial charge on any atom is -0.389 e. The summed E-state index contributed by atoms with van der Waals surface area (Å²) in [6.45, 7) is 8.63. The van der Waals surface area contributed by atoms with Gasteiger partial charge in [0.05, 0.1) is 6.10 Å². The number of unbranched alkanes of at least 4 members (excludes halogenated alkanes) is 5. The van der Waals surface area contributed by atoms with E-state index in [0.717, 1.165) is 25.7 Å². The summed E-state index contributed by atoms with van der Waals surface area (Å²) in [5.41, 5.74) is 2.69. The molecule has 1 N–H and O–H groups in total. The van der Waals surface area contributed by atoms with Crippen molar-refractivity contribution in [3.8, 4) is 0 Å². The summed E-state index contributed by atoms with van der Waals surface area (Å²) in [6.07, 6.45) is 14.9. The van der Waals surface area contributed by atoms with Crippen molar-refractivity contribution in [3.05, 3.63) is 23.3 Å². The van der Waals surface area contributed by atoms with Gasteiger partial charge < -0.3 is 5.11 Å². The van der Waals surface area contributed by atoms with Gasteiger partial charge in [0.1, 0.15) is 0 Å². The van der Waals surface area contributed by atoms with Crippen LogP contribution < -0.4 is 0 Å². The van der Waals surface area contributed by atoms with Crippen LogP contribution in [0.2, 0.25) is 0 Å². The highest BCUT2D eigenvalue weighted by Crippen LogP contribution is 2.12. The molecule has 0 aromatic heterocycles. The molecule has 1 atom stereocenters. The lowest BCUT2D eigenvalue weighted by molar-refractivity contribution is 0.207. The molecule has 0 aliphatic rings. The van der Waals surface area contributed by atoms with Crippen molar-refractivity contribution in [1.82, 2.24) is 0 Å². The zero-order valence-electron chi connectivity index (χ0n) is 13.5. The molecular formula is C18H34O. The lowest BCUT2D eigenvalue weighted by Gasteiger charge is -2.07. The standard InChI is InChI=1S/C18H34O/c1-5-6-7-8-9-10-14-18(19)15-17(4)13-11-12-16(2)3/h12,15,18-19H,5-11,13-14H2,1-4H3/b17-15-. The first-order chi connectivity index (χ1) is 9.06. The van der Waals surface area contributed by atoms with E-state index in [1.54, 1.807) is 0 Å². The van der Waals surface area contributed by atoms with Crippen molar-refractivity contribution in [2.45, 2.75) is 91.6 Å². The Morgan fingerprint density at radius 3 is 2.26 bits per heavy atom. The van der Waals surface area contributed by atoms with Gasteiger partial charge in [-0.15, -0.1) is 0 Å². The van der Waals surface area contributed by atoms with Crippen molar-refractivity contribution >= 4 is 0 Å². The Morgan fingerprint density at radius 1 is 1.00 bits per heavy atom. The Bertz CT molecular complexity index is 259. The molecule has 0 aliphatic heterocycles. The minimum absolute atomic E-state index is 0.238. The normalized spacial score (nSPS) is 13.4. The second-order valence-electron chi connectivity index (χ2n) is 5.96. The molecule has 0 amide bonds. The minimum atomic E-state index is -0.238. The maximum Gasteiger partial charge on any atom is 0.0723 e. The summed E-state index contributed by atoms with van der Waals surface area (Å²) in [6, 6.07) is 0. The highest BCUT2D eigenvalue weighted by molar-refractivity contribution is 5.04. The molecule has 0 bridgehead atoms. The molecule has 0 spiro atoms. The summed E-state index contributed by atoms with van der Waals surface area (Å²) in [5.74, 6) is 0. The zero-order valence-corrected chi connectivity index (χ0v) is 13.5. The Balaban J connectivity index is 3.64. The first-order valence-electron chi connectivity index (χ1n) is 8.05. The topological polar surface area (TPSA) is 20.2 Å². The van der Waals surface area contributed by atoms with Crippen LogP contribution in [0.4, 0.5) is 0 Å². The fraction of sp³-hybridized carbons (Fsp3) is 0.778. The molecule has 1 heteroatoms. The van der Waals surface area contributed by atoms with Gasteiger partial charge in [0.2, 0.25) is 0 Å². The van der Waals surface area contributed by atoms with E-state index >= 15 is 0 Å². The van der Waals surface area contributed by atoms with Crippen LogP contribution in [0.5, 0.6) is 0 Å². The summed E-state index contributed by atoms with van der Waals surface area (Å²) in [7, 11) is 0. The van der Waals surface area contributed by atoms with E-state index < -0.39 is 0 Å². The van der Waals surface area contributed by atoms with Crippen LogP contribution >= 0.6 is 0 Å². The predicted molar refractivity (Wildman–Crippen MR) is 86.4 cm³/mol. The number of hydrogen-bond donors (Lipinski definition) is 1. The Kier molecular flexibility index (Phi) is 12.1. The molecule has 1 unspecified atom stereocenters. The molecule has 0 heterocycles. The van der Waals surface area contributed by atoms with Crippen LogP contribution in [0.25, 0.3) is 0 Å². The van der Waals surface area contributed by atoms with E-state index in [4.69, 9.17) is 0 Å². The van der Waals surface area contributed by atoms with E-state index in [-0.39, 0.29) is 6.10 Å². The van der Waals surface area contributed by atoms with Gasteiger partial charge in [0.25, 0.3) is 0 Å². The SMILES string of the molecule is CCCCCCCCC(O)/C=C(/C)CCC=C(C)C. The van der Waals surface area contributed by atoms with E-state index in [2.05, 4.69) is 33.8 Å². The molecule has 0 rings (SSSR count). The molecule has 0 saturated carbocycles. The molecule has 1 nitrogen and oxygen atoms in total. The number of aliphatic hydroxyl groups is 1. The lowest BCUT2D eigenvalue weighted by atomic mass is 10.0. The summed E-state index contributed by atoms with van der Waals surface area (Å²) >= 11 is 0. The van der Waals surface area contributed by atoms with E-state index in [9.17, 15) is 5.11 Å². The summed E-state index contributed by atoms with van der Waals surface area (Å²) in [5, 5.41) is 9.94. The molecule has 0 saturated heterocycles. The van der Waals surface area contributed by atoms with Crippen LogP contribution in [-0.2, 0) is 0 Å². The van der Waals surface area contributed by atoms with Crippen molar-refractivity contribution < 1.29 is 5.11 Å². The van der Waals surface area contributed by atoms with Gasteiger partial charge in [0, 0.05) is 0 Å². The first-order valence-corrected chi connectivity index (χ1v) is 8.05. The van der Waals surface area contributed by atoms with Gasteiger partial charge in [-0.2, -0.15) is 0 Å². The highest BCUT2D eigenvalue weighted by Gasteiger charge is 2.01. The molecular weight excluding hydrogens is 232 g/mol. The highest BCUT2D eigenvalue weighted by atomic mass is 16.3. The van der Waals surface area contributed by atoms with Crippen molar-refractivity contribution in [3.63, 3.8) is 0 Å². The molecule has 0 radical (unpaired) electrons. The van der Waals surface area contributed by atoms with Gasteiger partial charge in [-0.25, -0.2) is 0 Å². The predicted octanol–water partition coefficient (Wildman–Crippen LogP) is 5.79. The quantitative estimate of drug-likeness (QED) is 0.370. The van der Waals surface area contributed by atoms with Gasteiger partial charge in [-0.1, -0.05) is 68.7 Å². The molecule has 112 valence electrons. The average Bonchev–Trinajstić information content (AvgIpc) is 2.33. The van der Waals surface area contributed by atoms with E-state index in [1.165, 1.54) is 43.3 Å². The maximum absolute atomic E-state index is 9.94. The third-order valence-electron chi connectivity index (χ3n) is 3.42. The van der Waals surface area contributed by atoms with Crippen molar-refractivity contribution in [1.29, 1.82) is 0 Å².